The summed E-state index contributed by atoms with van der Waals surface area (Å²) in [4.78, 5) is 20.4. The maximum Gasteiger partial charge on any atom is 2.00 e. The number of carbonyl (C=O) groups excluding carboxylic acids is 2. The molecular weight excluding hydrogens is 200 g/mol. The SMILES string of the molecule is C/C=C/CC(CC(=O)[O-])C(=O)[O-].[Ca+2]. The molecule has 68 valence electrons. The van der Waals surface area contributed by atoms with Crippen LogP contribution in [-0.2, 0) is 9.59 Å². The van der Waals surface area contributed by atoms with Crippen LogP contribution in [0, 0.1) is 5.92 Å². The number of carboxylic acid groups (broad SMARTS) is 2. The summed E-state index contributed by atoms with van der Waals surface area (Å²) in [5.41, 5.74) is 0. The Morgan fingerprint density at radius 3 is 2.23 bits per heavy atom. The summed E-state index contributed by atoms with van der Waals surface area (Å²) in [6.07, 6.45) is 2.92. The van der Waals surface area contributed by atoms with Gasteiger partial charge in [-0.05, 0) is 19.8 Å². The molecule has 5 heteroatoms. The Hall–Kier alpha value is -0.0603. The van der Waals surface area contributed by atoms with Gasteiger partial charge in [0.2, 0.25) is 0 Å². The standard InChI is InChI=1S/C8H12O4.Ca/c1-2-3-4-6(8(11)12)5-7(9)10;/h2-3,6H,4-5H2,1H3,(H,9,10)(H,11,12);/q;+2/p-2/b3-2+;. The minimum Gasteiger partial charge on any atom is -0.550 e. The van der Waals surface area contributed by atoms with E-state index in [0.717, 1.165) is 0 Å². The maximum atomic E-state index is 10.3. The fraction of sp³-hybridized carbons (Fsp3) is 0.500. The summed E-state index contributed by atoms with van der Waals surface area (Å²) in [6, 6.07) is 0. The zero-order chi connectivity index (χ0) is 9.56. The summed E-state index contributed by atoms with van der Waals surface area (Å²) >= 11 is 0. The van der Waals surface area contributed by atoms with Gasteiger partial charge in [-0.2, -0.15) is 0 Å². The topological polar surface area (TPSA) is 80.3 Å². The van der Waals surface area contributed by atoms with Crippen molar-refractivity contribution in [2.45, 2.75) is 19.8 Å². The van der Waals surface area contributed by atoms with E-state index in [-0.39, 0.29) is 44.2 Å². The van der Waals surface area contributed by atoms with Crippen LogP contribution in [0.5, 0.6) is 0 Å². The van der Waals surface area contributed by atoms with Gasteiger partial charge in [-0.25, -0.2) is 0 Å². The smallest absolute Gasteiger partial charge is 0.550 e. The van der Waals surface area contributed by atoms with Crippen molar-refractivity contribution in [1.82, 2.24) is 0 Å². The molecule has 0 aromatic carbocycles. The van der Waals surface area contributed by atoms with Gasteiger partial charge in [0.25, 0.3) is 0 Å². The monoisotopic (exact) mass is 210 g/mol. The molecule has 0 aliphatic heterocycles. The normalized spacial score (nSPS) is 12.1. The van der Waals surface area contributed by atoms with Crippen molar-refractivity contribution in [3.63, 3.8) is 0 Å². The minimum absolute atomic E-state index is 0. The van der Waals surface area contributed by atoms with E-state index >= 15 is 0 Å². The van der Waals surface area contributed by atoms with Gasteiger partial charge in [0, 0.05) is 17.9 Å². The predicted molar refractivity (Wildman–Crippen MR) is 43.3 cm³/mol. The first-order chi connectivity index (χ1) is 5.57. The number of carbonyl (C=O) groups is 2. The van der Waals surface area contributed by atoms with Gasteiger partial charge in [0.05, 0.1) is 0 Å². The van der Waals surface area contributed by atoms with Gasteiger partial charge in [0.15, 0.2) is 0 Å². The third kappa shape index (κ3) is 8.27. The molecule has 0 rings (SSSR count). The molecule has 0 N–H and O–H groups in total. The van der Waals surface area contributed by atoms with Gasteiger partial charge in [0.1, 0.15) is 0 Å². The van der Waals surface area contributed by atoms with E-state index in [4.69, 9.17) is 0 Å². The van der Waals surface area contributed by atoms with E-state index < -0.39 is 24.3 Å². The molecular formula is C8H10CaO4. The Kier molecular flexibility index (Phi) is 10.1. The van der Waals surface area contributed by atoms with E-state index in [9.17, 15) is 19.8 Å². The number of carboxylic acids is 2. The van der Waals surface area contributed by atoms with E-state index in [1.807, 2.05) is 0 Å². The molecule has 0 saturated heterocycles. The van der Waals surface area contributed by atoms with Crippen LogP contribution in [0.4, 0.5) is 0 Å². The molecule has 13 heavy (non-hydrogen) atoms. The number of hydrogen-bond acceptors (Lipinski definition) is 4. The summed E-state index contributed by atoms with van der Waals surface area (Å²) in [6.45, 7) is 1.73. The second-order valence-corrected chi connectivity index (χ2v) is 2.40. The van der Waals surface area contributed by atoms with E-state index in [0.29, 0.717) is 0 Å². The van der Waals surface area contributed by atoms with Crippen molar-refractivity contribution in [3.8, 4) is 0 Å². The molecule has 4 nitrogen and oxygen atoms in total. The molecule has 0 aromatic rings. The number of rotatable bonds is 5. The van der Waals surface area contributed by atoms with Gasteiger partial charge in [-0.15, -0.1) is 0 Å². The van der Waals surface area contributed by atoms with Gasteiger partial charge in [-0.3, -0.25) is 0 Å². The van der Waals surface area contributed by atoms with E-state index in [1.54, 1.807) is 19.1 Å². The fourth-order valence-electron chi connectivity index (χ4n) is 0.764. The van der Waals surface area contributed by atoms with Crippen molar-refractivity contribution < 1.29 is 19.8 Å². The third-order valence-corrected chi connectivity index (χ3v) is 1.40. The van der Waals surface area contributed by atoms with Crippen LogP contribution >= 0.6 is 0 Å². The largest absolute Gasteiger partial charge is 2.00 e. The zero-order valence-corrected chi connectivity index (χ0v) is 9.69. The van der Waals surface area contributed by atoms with Crippen LogP contribution in [0.1, 0.15) is 19.8 Å². The molecule has 0 bridgehead atoms. The maximum absolute atomic E-state index is 10.3. The fourth-order valence-corrected chi connectivity index (χ4v) is 0.764. The van der Waals surface area contributed by atoms with Crippen molar-refractivity contribution in [3.05, 3.63) is 12.2 Å². The first-order valence-electron chi connectivity index (χ1n) is 3.59. The first-order valence-corrected chi connectivity index (χ1v) is 3.59. The molecule has 1 unspecified atom stereocenters. The van der Waals surface area contributed by atoms with Crippen molar-refractivity contribution in [1.29, 1.82) is 0 Å². The number of hydrogen-bond donors (Lipinski definition) is 0. The minimum atomic E-state index is -1.37. The van der Waals surface area contributed by atoms with E-state index in [2.05, 4.69) is 0 Å². The van der Waals surface area contributed by atoms with Gasteiger partial charge < -0.3 is 19.8 Å². The first kappa shape index (κ1) is 15.4. The molecule has 0 spiro atoms. The molecule has 0 aliphatic carbocycles. The second kappa shape index (κ2) is 8.53. The Balaban J connectivity index is 0. The molecule has 0 aromatic heterocycles. The summed E-state index contributed by atoms with van der Waals surface area (Å²) in [7, 11) is 0. The van der Waals surface area contributed by atoms with Crippen LogP contribution in [-0.4, -0.2) is 49.7 Å². The summed E-state index contributed by atoms with van der Waals surface area (Å²) in [5, 5.41) is 20.4. The van der Waals surface area contributed by atoms with Crippen molar-refractivity contribution >= 4 is 49.7 Å². The van der Waals surface area contributed by atoms with Crippen LogP contribution in [0.2, 0.25) is 0 Å². The molecule has 0 heterocycles. The van der Waals surface area contributed by atoms with Gasteiger partial charge >= 0.3 is 37.7 Å². The summed E-state index contributed by atoms with van der Waals surface area (Å²) in [5.74, 6) is -3.70. The van der Waals surface area contributed by atoms with Crippen molar-refractivity contribution in [2.75, 3.05) is 0 Å². The average molecular weight is 210 g/mol. The van der Waals surface area contributed by atoms with Crippen LogP contribution in [0.25, 0.3) is 0 Å². The molecule has 0 radical (unpaired) electrons. The second-order valence-electron chi connectivity index (χ2n) is 2.40. The number of allylic oxidation sites excluding steroid dienone is 2. The molecule has 0 amide bonds. The Morgan fingerprint density at radius 1 is 1.38 bits per heavy atom. The molecule has 1 atom stereocenters. The van der Waals surface area contributed by atoms with E-state index in [1.165, 1.54) is 0 Å². The zero-order valence-electron chi connectivity index (χ0n) is 7.49. The average Bonchev–Trinajstić information content (AvgIpc) is 1.96. The Bertz CT molecular complexity index is 200. The predicted octanol–water partition coefficient (Wildman–Crippen LogP) is -1.92. The van der Waals surface area contributed by atoms with Gasteiger partial charge in [-0.1, -0.05) is 12.2 Å². The number of aliphatic carboxylic acids is 2. The Morgan fingerprint density at radius 2 is 1.92 bits per heavy atom. The van der Waals surface area contributed by atoms with Crippen LogP contribution in [0.3, 0.4) is 0 Å². The third-order valence-electron chi connectivity index (χ3n) is 1.40. The quantitative estimate of drug-likeness (QED) is 0.391. The molecule has 0 aliphatic rings. The van der Waals surface area contributed by atoms with Crippen molar-refractivity contribution in [2.24, 2.45) is 5.92 Å². The Labute approximate surface area is 107 Å². The molecule has 0 fully saturated rings. The van der Waals surface area contributed by atoms with Crippen LogP contribution in [0.15, 0.2) is 12.2 Å². The molecule has 0 saturated carbocycles. The van der Waals surface area contributed by atoms with Crippen LogP contribution < -0.4 is 10.2 Å². The summed E-state index contributed by atoms with van der Waals surface area (Å²) < 4.78 is 0.